The van der Waals surface area contributed by atoms with Gasteiger partial charge in [0.2, 0.25) is 0 Å². The van der Waals surface area contributed by atoms with Crippen LogP contribution in [0.5, 0.6) is 5.75 Å². The molecule has 0 bridgehead atoms. The summed E-state index contributed by atoms with van der Waals surface area (Å²) in [6.45, 7) is 2.97. The zero-order chi connectivity index (χ0) is 15.1. The third kappa shape index (κ3) is 4.63. The Morgan fingerprint density at radius 3 is 2.90 bits per heavy atom. The van der Waals surface area contributed by atoms with Gasteiger partial charge in [-0.1, -0.05) is 24.6 Å². The molecule has 3 nitrogen and oxygen atoms in total. The molecule has 0 radical (unpaired) electrons. The first kappa shape index (κ1) is 16.1. The van der Waals surface area contributed by atoms with Gasteiger partial charge >= 0.3 is 0 Å². The van der Waals surface area contributed by atoms with Crippen LogP contribution in [0.4, 0.5) is 0 Å². The Labute approximate surface area is 135 Å². The third-order valence-electron chi connectivity index (χ3n) is 3.01. The van der Waals surface area contributed by atoms with Gasteiger partial charge in [0.25, 0.3) is 0 Å². The van der Waals surface area contributed by atoms with E-state index in [0.29, 0.717) is 0 Å². The summed E-state index contributed by atoms with van der Waals surface area (Å²) in [5.74, 6) is 1.68. The van der Waals surface area contributed by atoms with Crippen molar-refractivity contribution in [2.45, 2.75) is 17.9 Å². The van der Waals surface area contributed by atoms with Crippen LogP contribution >= 0.6 is 23.4 Å². The van der Waals surface area contributed by atoms with Gasteiger partial charge < -0.3 is 10.1 Å². The lowest BCUT2D eigenvalue weighted by Gasteiger charge is -2.19. The minimum Gasteiger partial charge on any atom is -0.495 e. The molecule has 1 unspecified atom stereocenters. The van der Waals surface area contributed by atoms with Crippen molar-refractivity contribution < 1.29 is 4.74 Å². The van der Waals surface area contributed by atoms with Crippen molar-refractivity contribution in [3.05, 3.63) is 53.3 Å². The number of pyridine rings is 1. The molecule has 0 fully saturated rings. The van der Waals surface area contributed by atoms with Crippen molar-refractivity contribution in [2.24, 2.45) is 0 Å². The Kier molecular flexibility index (Phi) is 6.36. The highest BCUT2D eigenvalue weighted by atomic mass is 35.5. The average Bonchev–Trinajstić information content (AvgIpc) is 2.51. The number of nitrogens with one attached hydrogen (secondary N) is 1. The standard InChI is InChI=1S/C16H19ClN2OS/c1-3-18-14(16-15(20-2)8-5-9-19-16)11-21-13-7-4-6-12(17)10-13/h4-10,14,18H,3,11H2,1-2H3. The molecule has 0 amide bonds. The SMILES string of the molecule is CCNC(CSc1cccc(Cl)c1)c1ncccc1OC. The zero-order valence-electron chi connectivity index (χ0n) is 12.2. The number of methoxy groups -OCH3 is 1. The fourth-order valence-electron chi connectivity index (χ4n) is 2.05. The highest BCUT2D eigenvalue weighted by Gasteiger charge is 2.16. The normalized spacial score (nSPS) is 12.1. The Balaban J connectivity index is 2.12. The number of rotatable bonds is 7. The van der Waals surface area contributed by atoms with Crippen LogP contribution in [0.15, 0.2) is 47.5 Å². The van der Waals surface area contributed by atoms with Crippen molar-refractivity contribution in [3.8, 4) is 5.75 Å². The van der Waals surface area contributed by atoms with Crippen molar-refractivity contribution in [3.63, 3.8) is 0 Å². The Morgan fingerprint density at radius 1 is 1.33 bits per heavy atom. The number of benzene rings is 1. The van der Waals surface area contributed by atoms with Crippen molar-refractivity contribution in [1.82, 2.24) is 10.3 Å². The van der Waals surface area contributed by atoms with Gasteiger partial charge in [0, 0.05) is 21.9 Å². The molecule has 0 aliphatic heterocycles. The molecule has 5 heteroatoms. The van der Waals surface area contributed by atoms with E-state index in [1.165, 1.54) is 0 Å². The van der Waals surface area contributed by atoms with E-state index in [9.17, 15) is 0 Å². The summed E-state index contributed by atoms with van der Waals surface area (Å²) in [6, 6.07) is 11.9. The smallest absolute Gasteiger partial charge is 0.142 e. The van der Waals surface area contributed by atoms with E-state index in [1.807, 2.05) is 30.3 Å². The lowest BCUT2D eigenvalue weighted by Crippen LogP contribution is -2.24. The first-order chi connectivity index (χ1) is 10.2. The maximum absolute atomic E-state index is 6.02. The molecule has 1 atom stereocenters. The van der Waals surface area contributed by atoms with Gasteiger partial charge in [-0.2, -0.15) is 0 Å². The van der Waals surface area contributed by atoms with Gasteiger partial charge in [-0.3, -0.25) is 4.98 Å². The highest BCUT2D eigenvalue weighted by molar-refractivity contribution is 7.99. The Hall–Kier alpha value is -1.23. The molecule has 0 saturated carbocycles. The van der Waals surface area contributed by atoms with Crippen LogP contribution in [-0.4, -0.2) is 24.4 Å². The topological polar surface area (TPSA) is 34.2 Å². The van der Waals surface area contributed by atoms with Crippen LogP contribution in [0, 0.1) is 0 Å². The van der Waals surface area contributed by atoms with E-state index >= 15 is 0 Å². The number of nitrogens with zero attached hydrogens (tertiary/aromatic N) is 1. The summed E-state index contributed by atoms with van der Waals surface area (Å²) in [5.41, 5.74) is 0.941. The lowest BCUT2D eigenvalue weighted by molar-refractivity contribution is 0.398. The first-order valence-electron chi connectivity index (χ1n) is 6.85. The lowest BCUT2D eigenvalue weighted by atomic mass is 10.2. The van der Waals surface area contributed by atoms with Crippen LogP contribution < -0.4 is 10.1 Å². The summed E-state index contributed by atoms with van der Waals surface area (Å²) in [7, 11) is 1.67. The molecule has 21 heavy (non-hydrogen) atoms. The second-order valence-corrected chi connectivity index (χ2v) is 6.00. The molecule has 1 aromatic heterocycles. The quantitative estimate of drug-likeness (QED) is 0.775. The number of thioether (sulfide) groups is 1. The van der Waals surface area contributed by atoms with E-state index in [1.54, 1.807) is 25.1 Å². The van der Waals surface area contributed by atoms with Gasteiger partial charge in [0.05, 0.1) is 18.8 Å². The van der Waals surface area contributed by atoms with E-state index < -0.39 is 0 Å². The summed E-state index contributed by atoms with van der Waals surface area (Å²) in [4.78, 5) is 5.62. The largest absolute Gasteiger partial charge is 0.495 e. The predicted molar refractivity (Wildman–Crippen MR) is 89.4 cm³/mol. The molecule has 0 spiro atoms. The Morgan fingerprint density at radius 2 is 2.19 bits per heavy atom. The number of halogens is 1. The molecule has 1 aromatic carbocycles. The highest BCUT2D eigenvalue weighted by Crippen LogP contribution is 2.29. The average molecular weight is 323 g/mol. The van der Waals surface area contributed by atoms with Crippen molar-refractivity contribution >= 4 is 23.4 Å². The molecule has 1 N–H and O–H groups in total. The molecule has 112 valence electrons. The second-order valence-electron chi connectivity index (χ2n) is 4.47. The molecule has 2 aromatic rings. The van der Waals surface area contributed by atoms with Gasteiger partial charge in [-0.25, -0.2) is 0 Å². The maximum atomic E-state index is 6.02. The Bertz CT molecular complexity index is 580. The molecule has 1 heterocycles. The van der Waals surface area contributed by atoms with Crippen molar-refractivity contribution in [2.75, 3.05) is 19.4 Å². The van der Waals surface area contributed by atoms with Gasteiger partial charge in [0.1, 0.15) is 5.75 Å². The van der Waals surface area contributed by atoms with E-state index in [4.69, 9.17) is 16.3 Å². The van der Waals surface area contributed by atoms with Crippen LogP contribution in [0.3, 0.4) is 0 Å². The van der Waals surface area contributed by atoms with E-state index in [0.717, 1.165) is 33.7 Å². The number of hydrogen-bond donors (Lipinski definition) is 1. The molecule has 0 aliphatic carbocycles. The minimum atomic E-state index is 0.134. The van der Waals surface area contributed by atoms with Gasteiger partial charge in [0.15, 0.2) is 0 Å². The molecule has 0 aliphatic rings. The van der Waals surface area contributed by atoms with Crippen LogP contribution in [0.2, 0.25) is 5.02 Å². The summed E-state index contributed by atoms with van der Waals surface area (Å²) in [5, 5.41) is 4.22. The van der Waals surface area contributed by atoms with Gasteiger partial charge in [-0.15, -0.1) is 11.8 Å². The van der Waals surface area contributed by atoms with Crippen LogP contribution in [-0.2, 0) is 0 Å². The van der Waals surface area contributed by atoms with Crippen LogP contribution in [0.1, 0.15) is 18.7 Å². The van der Waals surface area contributed by atoms with Gasteiger partial charge in [-0.05, 0) is 36.9 Å². The molecular formula is C16H19ClN2OS. The number of aromatic nitrogens is 1. The summed E-state index contributed by atoms with van der Waals surface area (Å²) in [6.07, 6.45) is 1.80. The molecular weight excluding hydrogens is 304 g/mol. The van der Waals surface area contributed by atoms with E-state index in [2.05, 4.69) is 23.3 Å². The molecule has 0 saturated heterocycles. The van der Waals surface area contributed by atoms with Crippen molar-refractivity contribution in [1.29, 1.82) is 0 Å². The molecule has 2 rings (SSSR count). The predicted octanol–water partition coefficient (Wildman–Crippen LogP) is 4.19. The fourth-order valence-corrected chi connectivity index (χ4v) is 3.33. The third-order valence-corrected chi connectivity index (χ3v) is 4.34. The number of hydrogen-bond acceptors (Lipinski definition) is 4. The second kappa shape index (κ2) is 8.27. The minimum absolute atomic E-state index is 0.134. The monoisotopic (exact) mass is 322 g/mol. The van der Waals surface area contributed by atoms with Crippen LogP contribution in [0.25, 0.3) is 0 Å². The summed E-state index contributed by atoms with van der Waals surface area (Å²) >= 11 is 7.78. The summed E-state index contributed by atoms with van der Waals surface area (Å²) < 4.78 is 5.41. The fraction of sp³-hybridized carbons (Fsp3) is 0.312. The number of ether oxygens (including phenoxy) is 1. The zero-order valence-corrected chi connectivity index (χ0v) is 13.7. The maximum Gasteiger partial charge on any atom is 0.142 e. The van der Waals surface area contributed by atoms with E-state index in [-0.39, 0.29) is 6.04 Å². The first-order valence-corrected chi connectivity index (χ1v) is 8.21.